The molecule has 2 fully saturated rings. The standard InChI is InChI=1S/C17H26N2S/c1-2-5-15(6-3-1)13-19-10-4-7-17(14-19)18-16-8-11-20-12-9-16/h1-3,5-6,16-18H,4,7-14H2. The molecule has 2 aliphatic heterocycles. The van der Waals surface area contributed by atoms with Crippen LogP contribution in [0.15, 0.2) is 30.3 Å². The molecule has 1 unspecified atom stereocenters. The van der Waals surface area contributed by atoms with Crippen molar-refractivity contribution >= 4 is 11.8 Å². The lowest BCUT2D eigenvalue weighted by molar-refractivity contribution is 0.174. The SMILES string of the molecule is c1ccc(CN2CCCC(NC3CCSCC3)C2)cc1. The van der Waals surface area contributed by atoms with E-state index in [0.29, 0.717) is 6.04 Å². The first-order valence-corrected chi connectivity index (χ1v) is 9.16. The van der Waals surface area contributed by atoms with Crippen LogP contribution in [0.5, 0.6) is 0 Å². The molecule has 20 heavy (non-hydrogen) atoms. The van der Waals surface area contributed by atoms with Crippen LogP contribution in [0.1, 0.15) is 31.2 Å². The van der Waals surface area contributed by atoms with Crippen LogP contribution in [0.3, 0.4) is 0 Å². The van der Waals surface area contributed by atoms with Gasteiger partial charge in [-0.3, -0.25) is 4.90 Å². The van der Waals surface area contributed by atoms with E-state index in [-0.39, 0.29) is 0 Å². The van der Waals surface area contributed by atoms with Gasteiger partial charge in [0.25, 0.3) is 0 Å². The molecule has 3 heteroatoms. The minimum absolute atomic E-state index is 0.709. The lowest BCUT2D eigenvalue weighted by Crippen LogP contribution is -2.49. The molecular weight excluding hydrogens is 264 g/mol. The summed E-state index contributed by atoms with van der Waals surface area (Å²) in [6.45, 7) is 3.59. The highest BCUT2D eigenvalue weighted by molar-refractivity contribution is 7.99. The van der Waals surface area contributed by atoms with Crippen molar-refractivity contribution in [2.75, 3.05) is 24.6 Å². The average Bonchev–Trinajstić information content (AvgIpc) is 2.50. The Bertz CT molecular complexity index is 389. The fraction of sp³-hybridized carbons (Fsp3) is 0.647. The molecule has 1 atom stereocenters. The molecule has 1 aromatic carbocycles. The molecular formula is C17H26N2S. The Kier molecular flexibility index (Phi) is 5.40. The number of rotatable bonds is 4. The Morgan fingerprint density at radius 1 is 1.05 bits per heavy atom. The van der Waals surface area contributed by atoms with Gasteiger partial charge in [-0.1, -0.05) is 30.3 Å². The van der Waals surface area contributed by atoms with Crippen LogP contribution in [-0.4, -0.2) is 41.6 Å². The Labute approximate surface area is 127 Å². The third kappa shape index (κ3) is 4.24. The maximum absolute atomic E-state index is 3.92. The first kappa shape index (κ1) is 14.4. The van der Waals surface area contributed by atoms with E-state index in [1.54, 1.807) is 0 Å². The molecule has 1 N–H and O–H groups in total. The normalized spacial score (nSPS) is 25.7. The van der Waals surface area contributed by atoms with Crippen molar-refractivity contribution in [3.63, 3.8) is 0 Å². The monoisotopic (exact) mass is 290 g/mol. The molecule has 0 bridgehead atoms. The van der Waals surface area contributed by atoms with Gasteiger partial charge in [0.2, 0.25) is 0 Å². The molecule has 0 radical (unpaired) electrons. The zero-order valence-corrected chi connectivity index (χ0v) is 13.1. The van der Waals surface area contributed by atoms with E-state index in [4.69, 9.17) is 0 Å². The van der Waals surface area contributed by atoms with Crippen LogP contribution >= 0.6 is 11.8 Å². The second-order valence-corrected chi connectivity index (χ2v) is 7.34. The van der Waals surface area contributed by atoms with Gasteiger partial charge in [0.1, 0.15) is 0 Å². The third-order valence-electron chi connectivity index (χ3n) is 4.45. The molecule has 1 aromatic rings. The van der Waals surface area contributed by atoms with Crippen LogP contribution in [-0.2, 0) is 6.54 Å². The summed E-state index contributed by atoms with van der Waals surface area (Å²) in [5.41, 5.74) is 1.45. The Morgan fingerprint density at radius 2 is 1.85 bits per heavy atom. The van der Waals surface area contributed by atoms with Crippen molar-refractivity contribution < 1.29 is 0 Å². The van der Waals surface area contributed by atoms with E-state index in [9.17, 15) is 0 Å². The van der Waals surface area contributed by atoms with Crippen molar-refractivity contribution in [2.24, 2.45) is 0 Å². The highest BCUT2D eigenvalue weighted by Crippen LogP contribution is 2.20. The highest BCUT2D eigenvalue weighted by Gasteiger charge is 2.23. The summed E-state index contributed by atoms with van der Waals surface area (Å²) in [7, 11) is 0. The zero-order chi connectivity index (χ0) is 13.6. The number of thioether (sulfide) groups is 1. The van der Waals surface area contributed by atoms with Gasteiger partial charge in [-0.2, -0.15) is 11.8 Å². The van der Waals surface area contributed by atoms with E-state index in [0.717, 1.165) is 12.6 Å². The number of nitrogens with one attached hydrogen (secondary N) is 1. The predicted octanol–water partition coefficient (Wildman–Crippen LogP) is 3.14. The van der Waals surface area contributed by atoms with Crippen LogP contribution in [0.4, 0.5) is 0 Å². The van der Waals surface area contributed by atoms with Gasteiger partial charge in [0.05, 0.1) is 0 Å². The van der Waals surface area contributed by atoms with Gasteiger partial charge in [-0.05, 0) is 49.3 Å². The largest absolute Gasteiger partial charge is 0.310 e. The summed E-state index contributed by atoms with van der Waals surface area (Å²) in [6.07, 6.45) is 5.42. The summed E-state index contributed by atoms with van der Waals surface area (Å²) in [5, 5.41) is 3.92. The number of likely N-dealkylation sites (tertiary alicyclic amines) is 1. The van der Waals surface area contributed by atoms with Gasteiger partial charge in [0, 0.05) is 25.2 Å². The Morgan fingerprint density at radius 3 is 2.65 bits per heavy atom. The van der Waals surface area contributed by atoms with Crippen molar-refractivity contribution in [3.05, 3.63) is 35.9 Å². The quantitative estimate of drug-likeness (QED) is 0.917. The molecule has 0 aromatic heterocycles. The third-order valence-corrected chi connectivity index (χ3v) is 5.50. The summed E-state index contributed by atoms with van der Waals surface area (Å²) in [4.78, 5) is 2.62. The molecule has 0 amide bonds. The van der Waals surface area contributed by atoms with E-state index >= 15 is 0 Å². The molecule has 0 spiro atoms. The average molecular weight is 290 g/mol. The summed E-state index contributed by atoms with van der Waals surface area (Å²) in [6, 6.07) is 12.4. The van der Waals surface area contributed by atoms with E-state index in [1.807, 2.05) is 0 Å². The van der Waals surface area contributed by atoms with Crippen LogP contribution < -0.4 is 5.32 Å². The van der Waals surface area contributed by atoms with Crippen molar-refractivity contribution in [1.29, 1.82) is 0 Å². The Hall–Kier alpha value is -0.510. The molecule has 2 nitrogen and oxygen atoms in total. The van der Waals surface area contributed by atoms with Gasteiger partial charge in [-0.15, -0.1) is 0 Å². The second kappa shape index (κ2) is 7.48. The lowest BCUT2D eigenvalue weighted by atomic mass is 10.0. The second-order valence-electron chi connectivity index (χ2n) is 6.11. The molecule has 2 aliphatic rings. The molecule has 3 rings (SSSR count). The first-order chi connectivity index (χ1) is 9.90. The number of hydrogen-bond acceptors (Lipinski definition) is 3. The fourth-order valence-corrected chi connectivity index (χ4v) is 4.48. The lowest BCUT2D eigenvalue weighted by Gasteiger charge is -2.36. The van der Waals surface area contributed by atoms with Gasteiger partial charge in [-0.25, -0.2) is 0 Å². The summed E-state index contributed by atoms with van der Waals surface area (Å²) < 4.78 is 0. The predicted molar refractivity (Wildman–Crippen MR) is 88.2 cm³/mol. The van der Waals surface area contributed by atoms with Crippen molar-refractivity contribution in [3.8, 4) is 0 Å². The number of benzene rings is 1. The first-order valence-electron chi connectivity index (χ1n) is 8.00. The minimum atomic E-state index is 0.709. The highest BCUT2D eigenvalue weighted by atomic mass is 32.2. The molecule has 0 aliphatic carbocycles. The maximum atomic E-state index is 3.92. The van der Waals surface area contributed by atoms with E-state index in [1.165, 1.54) is 55.8 Å². The van der Waals surface area contributed by atoms with Gasteiger partial charge < -0.3 is 5.32 Å². The molecule has 2 heterocycles. The fourth-order valence-electron chi connectivity index (χ4n) is 3.37. The van der Waals surface area contributed by atoms with Crippen LogP contribution in [0.25, 0.3) is 0 Å². The number of hydrogen-bond donors (Lipinski definition) is 1. The van der Waals surface area contributed by atoms with Crippen molar-refractivity contribution in [2.45, 2.75) is 44.3 Å². The van der Waals surface area contributed by atoms with Gasteiger partial charge in [0.15, 0.2) is 0 Å². The van der Waals surface area contributed by atoms with Crippen molar-refractivity contribution in [1.82, 2.24) is 10.2 Å². The summed E-state index contributed by atoms with van der Waals surface area (Å²) >= 11 is 2.11. The molecule has 0 saturated carbocycles. The smallest absolute Gasteiger partial charge is 0.0234 e. The molecule has 2 saturated heterocycles. The van der Waals surface area contributed by atoms with Crippen LogP contribution in [0.2, 0.25) is 0 Å². The van der Waals surface area contributed by atoms with E-state index < -0.39 is 0 Å². The number of piperidine rings is 1. The van der Waals surface area contributed by atoms with E-state index in [2.05, 4.69) is 52.3 Å². The maximum Gasteiger partial charge on any atom is 0.0234 e. The number of nitrogens with zero attached hydrogens (tertiary/aromatic N) is 1. The van der Waals surface area contributed by atoms with Crippen LogP contribution in [0, 0.1) is 0 Å². The molecule has 110 valence electrons. The topological polar surface area (TPSA) is 15.3 Å². The van der Waals surface area contributed by atoms with Gasteiger partial charge >= 0.3 is 0 Å². The minimum Gasteiger partial charge on any atom is -0.310 e. The Balaban J connectivity index is 1.48. The summed E-state index contributed by atoms with van der Waals surface area (Å²) in [5.74, 6) is 2.69. The zero-order valence-electron chi connectivity index (χ0n) is 12.3.